The van der Waals surface area contributed by atoms with Gasteiger partial charge in [0.2, 0.25) is 0 Å². The molecule has 2 saturated carbocycles. The summed E-state index contributed by atoms with van der Waals surface area (Å²) < 4.78 is 11.7. The fourth-order valence-electron chi connectivity index (χ4n) is 4.85. The zero-order valence-electron chi connectivity index (χ0n) is 12.2. The first-order chi connectivity index (χ1) is 9.50. The molecule has 112 valence electrons. The summed E-state index contributed by atoms with van der Waals surface area (Å²) in [7, 11) is 0. The van der Waals surface area contributed by atoms with Crippen LogP contribution in [0.25, 0.3) is 0 Å². The highest BCUT2D eigenvalue weighted by atomic mass is 16.6. The molecule has 2 saturated heterocycles. The number of aliphatic carboxylic acids is 1. The minimum Gasteiger partial charge on any atom is -0.481 e. The maximum absolute atomic E-state index is 11.4. The molecule has 20 heavy (non-hydrogen) atoms. The molecule has 1 N–H and O–H groups in total. The average Bonchev–Trinajstić information content (AvgIpc) is 3.26. The molecule has 8 unspecified atom stereocenters. The van der Waals surface area contributed by atoms with Gasteiger partial charge in [-0.3, -0.25) is 4.79 Å². The Kier molecular flexibility index (Phi) is 2.75. The summed E-state index contributed by atoms with van der Waals surface area (Å²) in [4.78, 5) is 11.4. The molecule has 2 aliphatic carbocycles. The van der Waals surface area contributed by atoms with E-state index in [1.165, 1.54) is 12.8 Å². The van der Waals surface area contributed by atoms with Gasteiger partial charge < -0.3 is 14.6 Å². The molecule has 0 radical (unpaired) electrons. The van der Waals surface area contributed by atoms with E-state index in [4.69, 9.17) is 9.47 Å². The topological polar surface area (TPSA) is 62.4 Å². The van der Waals surface area contributed by atoms with E-state index in [1.54, 1.807) is 0 Å². The van der Waals surface area contributed by atoms with Crippen LogP contribution in [-0.4, -0.2) is 35.0 Å². The number of carboxylic acids is 1. The molecule has 0 aromatic heterocycles. The monoisotopic (exact) mass is 280 g/mol. The van der Waals surface area contributed by atoms with E-state index in [-0.39, 0.29) is 17.4 Å². The van der Waals surface area contributed by atoms with Crippen LogP contribution in [0.1, 0.15) is 46.0 Å². The molecular formula is C16H24O4. The van der Waals surface area contributed by atoms with Gasteiger partial charge in [0.15, 0.2) is 0 Å². The van der Waals surface area contributed by atoms with Crippen molar-refractivity contribution in [2.24, 2.45) is 23.7 Å². The SMILES string of the molecule is CC1CC2OC2(CC2CCC3OC3C2C)CC1C(=O)O. The van der Waals surface area contributed by atoms with Crippen LogP contribution in [0.5, 0.6) is 0 Å². The summed E-state index contributed by atoms with van der Waals surface area (Å²) in [6, 6.07) is 0. The van der Waals surface area contributed by atoms with Gasteiger partial charge in [-0.2, -0.15) is 0 Å². The first kappa shape index (κ1) is 13.1. The van der Waals surface area contributed by atoms with Crippen LogP contribution >= 0.6 is 0 Å². The number of carboxylic acid groups (broad SMARTS) is 1. The quantitative estimate of drug-likeness (QED) is 0.807. The van der Waals surface area contributed by atoms with Crippen molar-refractivity contribution in [2.45, 2.75) is 69.9 Å². The van der Waals surface area contributed by atoms with Crippen LogP contribution in [0.2, 0.25) is 0 Å². The fourth-order valence-corrected chi connectivity index (χ4v) is 4.85. The molecule has 0 aromatic rings. The second kappa shape index (κ2) is 4.20. The van der Waals surface area contributed by atoms with Gasteiger partial charge in [-0.05, 0) is 49.9 Å². The molecule has 4 heteroatoms. The van der Waals surface area contributed by atoms with E-state index in [0.29, 0.717) is 36.6 Å². The van der Waals surface area contributed by atoms with E-state index in [0.717, 1.165) is 12.8 Å². The second-order valence-electron chi connectivity index (χ2n) is 7.57. The van der Waals surface area contributed by atoms with Gasteiger partial charge in [0.25, 0.3) is 0 Å². The van der Waals surface area contributed by atoms with Gasteiger partial charge in [0.1, 0.15) is 0 Å². The molecule has 0 aromatic carbocycles. The fraction of sp³-hybridized carbons (Fsp3) is 0.938. The lowest BCUT2D eigenvalue weighted by Crippen LogP contribution is -2.38. The number of carbonyl (C=O) groups is 1. The molecule has 2 heterocycles. The Balaban J connectivity index is 1.45. The molecule has 0 amide bonds. The molecule has 2 aliphatic heterocycles. The van der Waals surface area contributed by atoms with Crippen LogP contribution in [-0.2, 0) is 14.3 Å². The number of ether oxygens (including phenoxy) is 2. The average molecular weight is 280 g/mol. The molecule has 0 bridgehead atoms. The first-order valence-corrected chi connectivity index (χ1v) is 8.06. The summed E-state index contributed by atoms with van der Waals surface area (Å²) in [6.07, 6.45) is 6.38. The Hall–Kier alpha value is -0.610. The lowest BCUT2D eigenvalue weighted by atomic mass is 9.68. The lowest BCUT2D eigenvalue weighted by Gasteiger charge is -2.33. The number of fused-ring (bicyclic) bond motifs is 2. The second-order valence-corrected chi connectivity index (χ2v) is 7.57. The number of hydrogen-bond donors (Lipinski definition) is 1. The van der Waals surface area contributed by atoms with Crippen LogP contribution < -0.4 is 0 Å². The summed E-state index contributed by atoms with van der Waals surface area (Å²) in [5.74, 6) is 0.626. The highest BCUT2D eigenvalue weighted by molar-refractivity contribution is 5.71. The van der Waals surface area contributed by atoms with E-state index in [2.05, 4.69) is 13.8 Å². The van der Waals surface area contributed by atoms with E-state index in [1.807, 2.05) is 0 Å². The van der Waals surface area contributed by atoms with Crippen LogP contribution in [0.15, 0.2) is 0 Å². The minimum atomic E-state index is -0.645. The third-order valence-corrected chi connectivity index (χ3v) is 6.38. The number of epoxide rings is 2. The first-order valence-electron chi connectivity index (χ1n) is 8.06. The van der Waals surface area contributed by atoms with E-state index in [9.17, 15) is 9.90 Å². The zero-order valence-corrected chi connectivity index (χ0v) is 12.2. The predicted octanol–water partition coefficient (Wildman–Crippen LogP) is 2.46. The van der Waals surface area contributed by atoms with Crippen molar-refractivity contribution < 1.29 is 19.4 Å². The predicted molar refractivity (Wildman–Crippen MR) is 72.3 cm³/mol. The molecule has 4 rings (SSSR count). The Morgan fingerprint density at radius 3 is 2.90 bits per heavy atom. The summed E-state index contributed by atoms with van der Waals surface area (Å²) in [5, 5.41) is 9.39. The van der Waals surface area contributed by atoms with E-state index < -0.39 is 5.97 Å². The summed E-state index contributed by atoms with van der Waals surface area (Å²) in [5.41, 5.74) is -0.115. The smallest absolute Gasteiger partial charge is 0.306 e. The van der Waals surface area contributed by atoms with Crippen molar-refractivity contribution >= 4 is 5.97 Å². The van der Waals surface area contributed by atoms with Crippen molar-refractivity contribution in [1.82, 2.24) is 0 Å². The van der Waals surface area contributed by atoms with Gasteiger partial charge in [-0.25, -0.2) is 0 Å². The number of rotatable bonds is 3. The molecular weight excluding hydrogens is 256 g/mol. The largest absolute Gasteiger partial charge is 0.481 e. The van der Waals surface area contributed by atoms with Crippen LogP contribution in [0.3, 0.4) is 0 Å². The van der Waals surface area contributed by atoms with Gasteiger partial charge >= 0.3 is 5.97 Å². The molecule has 0 spiro atoms. The van der Waals surface area contributed by atoms with Gasteiger partial charge in [-0.15, -0.1) is 0 Å². The molecule has 4 nitrogen and oxygen atoms in total. The van der Waals surface area contributed by atoms with Gasteiger partial charge in [0.05, 0.1) is 29.8 Å². The highest BCUT2D eigenvalue weighted by Gasteiger charge is 2.63. The maximum atomic E-state index is 11.4. The van der Waals surface area contributed by atoms with E-state index >= 15 is 0 Å². The van der Waals surface area contributed by atoms with Crippen molar-refractivity contribution in [3.63, 3.8) is 0 Å². The van der Waals surface area contributed by atoms with Crippen LogP contribution in [0, 0.1) is 23.7 Å². The third kappa shape index (κ3) is 1.92. The minimum absolute atomic E-state index is 0.115. The number of hydrogen-bond acceptors (Lipinski definition) is 3. The molecule has 4 fully saturated rings. The Bertz CT molecular complexity index is 436. The van der Waals surface area contributed by atoms with Gasteiger partial charge in [-0.1, -0.05) is 13.8 Å². The third-order valence-electron chi connectivity index (χ3n) is 6.38. The maximum Gasteiger partial charge on any atom is 0.306 e. The zero-order chi connectivity index (χ0) is 14.1. The van der Waals surface area contributed by atoms with Crippen molar-refractivity contribution in [3.05, 3.63) is 0 Å². The lowest BCUT2D eigenvalue weighted by molar-refractivity contribution is -0.145. The van der Waals surface area contributed by atoms with Crippen molar-refractivity contribution in [1.29, 1.82) is 0 Å². The summed E-state index contributed by atoms with van der Waals surface area (Å²) in [6.45, 7) is 4.35. The Morgan fingerprint density at radius 1 is 1.35 bits per heavy atom. The molecule has 4 aliphatic rings. The Labute approximate surface area is 119 Å². The standard InChI is InChI=1S/C16H24O4/c1-8-5-13-16(20-13,7-11(8)15(17)18)6-10-3-4-12-14(19-12)9(10)2/h8-14H,3-7H2,1-2H3,(H,17,18). The van der Waals surface area contributed by atoms with Crippen LogP contribution in [0.4, 0.5) is 0 Å². The highest BCUT2D eigenvalue weighted by Crippen LogP contribution is 2.57. The van der Waals surface area contributed by atoms with Gasteiger partial charge in [0, 0.05) is 0 Å². The summed E-state index contributed by atoms with van der Waals surface area (Å²) >= 11 is 0. The Morgan fingerprint density at radius 2 is 2.15 bits per heavy atom. The van der Waals surface area contributed by atoms with Crippen molar-refractivity contribution in [3.8, 4) is 0 Å². The molecule has 8 atom stereocenters. The van der Waals surface area contributed by atoms with Crippen molar-refractivity contribution in [2.75, 3.05) is 0 Å². The normalized spacial score (nSPS) is 56.6.